The monoisotopic (exact) mass is 314 g/mol. The predicted molar refractivity (Wildman–Crippen MR) is 87.3 cm³/mol. The first-order valence-corrected chi connectivity index (χ1v) is 9.18. The molecule has 4 nitrogen and oxygen atoms in total. The van der Waals surface area contributed by atoms with Crippen LogP contribution in [0.1, 0.15) is 65.2 Å². The van der Waals surface area contributed by atoms with Crippen LogP contribution in [-0.2, 0) is 18.9 Å². The average Bonchev–Trinajstić information content (AvgIpc) is 2.44. The molecule has 0 spiro atoms. The number of ether oxygens (including phenoxy) is 4. The van der Waals surface area contributed by atoms with Crippen molar-refractivity contribution >= 4 is 0 Å². The molecule has 2 saturated carbocycles. The van der Waals surface area contributed by atoms with Gasteiger partial charge in [0.25, 0.3) is 0 Å². The minimum atomic E-state index is 0.0410. The van der Waals surface area contributed by atoms with Crippen LogP contribution in [0.4, 0.5) is 0 Å². The van der Waals surface area contributed by atoms with Crippen molar-refractivity contribution in [3.63, 3.8) is 0 Å². The molecule has 0 heterocycles. The smallest absolute Gasteiger partial charge is 0.0914 e. The summed E-state index contributed by atoms with van der Waals surface area (Å²) in [6.45, 7) is 8.86. The van der Waals surface area contributed by atoms with Gasteiger partial charge in [0.1, 0.15) is 0 Å². The SMILES string of the molecule is CCOC1(COCCCCOCC2(OCC)CCC2)CCC1. The van der Waals surface area contributed by atoms with Gasteiger partial charge in [-0.25, -0.2) is 0 Å². The van der Waals surface area contributed by atoms with Crippen LogP contribution in [-0.4, -0.2) is 50.8 Å². The van der Waals surface area contributed by atoms with Crippen LogP contribution in [0, 0.1) is 0 Å². The van der Waals surface area contributed by atoms with Crippen molar-refractivity contribution in [1.29, 1.82) is 0 Å². The molecule has 0 bridgehead atoms. The first-order chi connectivity index (χ1) is 10.7. The van der Waals surface area contributed by atoms with Crippen LogP contribution in [0.2, 0.25) is 0 Å². The van der Waals surface area contributed by atoms with E-state index < -0.39 is 0 Å². The number of hydrogen-bond donors (Lipinski definition) is 0. The predicted octanol–water partition coefficient (Wildman–Crippen LogP) is 3.72. The Bertz CT molecular complexity index is 267. The Hall–Kier alpha value is -0.160. The van der Waals surface area contributed by atoms with E-state index in [1.165, 1.54) is 12.8 Å². The Labute approximate surface area is 135 Å². The van der Waals surface area contributed by atoms with E-state index in [4.69, 9.17) is 18.9 Å². The van der Waals surface area contributed by atoms with E-state index >= 15 is 0 Å². The highest BCUT2D eigenvalue weighted by atomic mass is 16.5. The summed E-state index contributed by atoms with van der Waals surface area (Å²) in [6.07, 6.45) is 9.30. The summed E-state index contributed by atoms with van der Waals surface area (Å²) in [5.41, 5.74) is 0.0820. The van der Waals surface area contributed by atoms with Gasteiger partial charge in [-0.3, -0.25) is 0 Å². The molecule has 0 aromatic rings. The van der Waals surface area contributed by atoms with E-state index in [1.54, 1.807) is 0 Å². The fraction of sp³-hybridized carbons (Fsp3) is 1.00. The van der Waals surface area contributed by atoms with Gasteiger partial charge >= 0.3 is 0 Å². The van der Waals surface area contributed by atoms with E-state index in [0.717, 1.165) is 78.2 Å². The zero-order valence-electron chi connectivity index (χ0n) is 14.5. The average molecular weight is 314 g/mol. The summed E-state index contributed by atoms with van der Waals surface area (Å²) in [5.74, 6) is 0. The van der Waals surface area contributed by atoms with Crippen LogP contribution < -0.4 is 0 Å². The second-order valence-electron chi connectivity index (χ2n) is 6.75. The summed E-state index contributed by atoms with van der Waals surface area (Å²) < 4.78 is 23.3. The molecule has 0 saturated heterocycles. The largest absolute Gasteiger partial charge is 0.378 e. The van der Waals surface area contributed by atoms with E-state index in [2.05, 4.69) is 13.8 Å². The maximum absolute atomic E-state index is 5.83. The Morgan fingerprint density at radius 2 is 1.09 bits per heavy atom. The molecule has 0 atom stereocenters. The highest BCUT2D eigenvalue weighted by Gasteiger charge is 2.38. The highest BCUT2D eigenvalue weighted by Crippen LogP contribution is 2.36. The Kier molecular flexibility index (Phi) is 7.61. The molecular weight excluding hydrogens is 280 g/mol. The topological polar surface area (TPSA) is 36.9 Å². The van der Waals surface area contributed by atoms with Crippen molar-refractivity contribution in [2.45, 2.75) is 76.4 Å². The van der Waals surface area contributed by atoms with Crippen molar-refractivity contribution in [2.75, 3.05) is 39.6 Å². The quantitative estimate of drug-likeness (QED) is 0.486. The fourth-order valence-corrected chi connectivity index (χ4v) is 3.34. The summed E-state index contributed by atoms with van der Waals surface area (Å²) >= 11 is 0. The maximum atomic E-state index is 5.83. The Morgan fingerprint density at radius 3 is 1.36 bits per heavy atom. The van der Waals surface area contributed by atoms with Crippen LogP contribution in [0.3, 0.4) is 0 Å². The summed E-state index contributed by atoms with van der Waals surface area (Å²) in [7, 11) is 0. The second kappa shape index (κ2) is 9.21. The van der Waals surface area contributed by atoms with Gasteiger partial charge in [0.05, 0.1) is 24.4 Å². The van der Waals surface area contributed by atoms with Crippen molar-refractivity contribution in [2.24, 2.45) is 0 Å². The zero-order chi connectivity index (χ0) is 15.7. The van der Waals surface area contributed by atoms with Crippen LogP contribution in [0.15, 0.2) is 0 Å². The molecule has 2 aliphatic rings. The Balaban J connectivity index is 1.43. The third-order valence-corrected chi connectivity index (χ3v) is 4.99. The van der Waals surface area contributed by atoms with Gasteiger partial charge in [0.2, 0.25) is 0 Å². The van der Waals surface area contributed by atoms with Crippen LogP contribution in [0.25, 0.3) is 0 Å². The molecule has 0 unspecified atom stereocenters. The zero-order valence-corrected chi connectivity index (χ0v) is 14.5. The molecule has 2 fully saturated rings. The third-order valence-electron chi connectivity index (χ3n) is 4.99. The molecule has 4 heteroatoms. The molecule has 0 N–H and O–H groups in total. The second-order valence-corrected chi connectivity index (χ2v) is 6.75. The Morgan fingerprint density at radius 1 is 0.682 bits per heavy atom. The van der Waals surface area contributed by atoms with E-state index in [9.17, 15) is 0 Å². The number of unbranched alkanes of at least 4 members (excludes halogenated alkanes) is 1. The molecule has 0 radical (unpaired) electrons. The summed E-state index contributed by atoms with van der Waals surface area (Å²) in [6, 6.07) is 0. The number of hydrogen-bond acceptors (Lipinski definition) is 4. The van der Waals surface area contributed by atoms with Gasteiger partial charge in [0.15, 0.2) is 0 Å². The normalized spacial score (nSPS) is 22.1. The van der Waals surface area contributed by atoms with Gasteiger partial charge in [-0.05, 0) is 65.2 Å². The molecule has 2 aliphatic carbocycles. The highest BCUT2D eigenvalue weighted by molar-refractivity contribution is 4.90. The molecule has 2 rings (SSSR count). The minimum Gasteiger partial charge on any atom is -0.378 e. The minimum absolute atomic E-state index is 0.0410. The van der Waals surface area contributed by atoms with Gasteiger partial charge in [0, 0.05) is 26.4 Å². The molecule has 0 aliphatic heterocycles. The first kappa shape index (κ1) is 18.2. The summed E-state index contributed by atoms with van der Waals surface area (Å²) in [4.78, 5) is 0. The molecular formula is C18H34O4. The van der Waals surface area contributed by atoms with Gasteiger partial charge in [-0.1, -0.05) is 0 Å². The molecule has 0 aromatic heterocycles. The van der Waals surface area contributed by atoms with E-state index in [0.29, 0.717) is 0 Å². The van der Waals surface area contributed by atoms with Crippen LogP contribution >= 0.6 is 0 Å². The van der Waals surface area contributed by atoms with Gasteiger partial charge in [-0.15, -0.1) is 0 Å². The van der Waals surface area contributed by atoms with Crippen molar-refractivity contribution in [3.05, 3.63) is 0 Å². The summed E-state index contributed by atoms with van der Waals surface area (Å²) in [5, 5.41) is 0. The fourth-order valence-electron chi connectivity index (χ4n) is 3.34. The van der Waals surface area contributed by atoms with Crippen molar-refractivity contribution in [3.8, 4) is 0 Å². The van der Waals surface area contributed by atoms with Crippen molar-refractivity contribution < 1.29 is 18.9 Å². The standard InChI is InChI=1S/C18H34O4/c1-3-21-17(9-7-10-17)15-19-13-5-6-14-20-16-18(22-4-2)11-8-12-18/h3-16H2,1-2H3. The first-order valence-electron chi connectivity index (χ1n) is 9.18. The maximum Gasteiger partial charge on any atom is 0.0914 e. The lowest BCUT2D eigenvalue weighted by Crippen LogP contribution is -2.44. The lowest BCUT2D eigenvalue weighted by atomic mass is 9.80. The number of rotatable bonds is 13. The molecule has 0 amide bonds. The molecule has 130 valence electrons. The lowest BCUT2D eigenvalue weighted by Gasteiger charge is -2.41. The molecule has 0 aromatic carbocycles. The van der Waals surface area contributed by atoms with Crippen molar-refractivity contribution in [1.82, 2.24) is 0 Å². The van der Waals surface area contributed by atoms with Gasteiger partial charge < -0.3 is 18.9 Å². The van der Waals surface area contributed by atoms with Gasteiger partial charge in [-0.2, -0.15) is 0 Å². The third kappa shape index (κ3) is 5.19. The molecule has 22 heavy (non-hydrogen) atoms. The van der Waals surface area contributed by atoms with E-state index in [1.807, 2.05) is 0 Å². The van der Waals surface area contributed by atoms with E-state index in [-0.39, 0.29) is 11.2 Å². The lowest BCUT2D eigenvalue weighted by molar-refractivity contribution is -0.142. The van der Waals surface area contributed by atoms with Crippen LogP contribution in [0.5, 0.6) is 0 Å².